The maximum atomic E-state index is 12.9. The van der Waals surface area contributed by atoms with Gasteiger partial charge in [-0.1, -0.05) is 12.1 Å². The van der Waals surface area contributed by atoms with Crippen molar-refractivity contribution in [1.29, 1.82) is 0 Å². The van der Waals surface area contributed by atoms with Crippen molar-refractivity contribution in [1.82, 2.24) is 10.2 Å². The normalized spacial score (nSPS) is 19.0. The minimum Gasteiger partial charge on any atom is -0.490 e. The lowest BCUT2D eigenvalue weighted by molar-refractivity contribution is -0.137. The zero-order chi connectivity index (χ0) is 22.8. The summed E-state index contributed by atoms with van der Waals surface area (Å²) in [6, 6.07) is 11.9. The van der Waals surface area contributed by atoms with E-state index < -0.39 is 17.3 Å². The molecule has 9 heteroatoms. The van der Waals surface area contributed by atoms with Gasteiger partial charge in [-0.2, -0.15) is 13.2 Å². The number of piperidine rings is 2. The van der Waals surface area contributed by atoms with Gasteiger partial charge in [0.2, 0.25) is 0 Å². The SMILES string of the molecule is Cl.O=C(c1ccc(C2(O)CCNCC2)cc1)N1CCC(Oc2ccc(C(F)(F)F)cc2)CC1. The highest BCUT2D eigenvalue weighted by Gasteiger charge is 2.32. The molecule has 0 spiro atoms. The maximum Gasteiger partial charge on any atom is 0.416 e. The Bertz CT molecular complexity index is 921. The average molecular weight is 485 g/mol. The summed E-state index contributed by atoms with van der Waals surface area (Å²) in [6.45, 7) is 2.56. The number of rotatable bonds is 4. The number of benzene rings is 2. The Morgan fingerprint density at radius 3 is 2.12 bits per heavy atom. The van der Waals surface area contributed by atoms with Crippen molar-refractivity contribution in [3.05, 3.63) is 65.2 Å². The van der Waals surface area contributed by atoms with Crippen molar-refractivity contribution in [3.63, 3.8) is 0 Å². The summed E-state index contributed by atoms with van der Waals surface area (Å²) in [5, 5.41) is 14.1. The summed E-state index contributed by atoms with van der Waals surface area (Å²) >= 11 is 0. The molecule has 5 nitrogen and oxygen atoms in total. The molecule has 0 aromatic heterocycles. The van der Waals surface area contributed by atoms with Gasteiger partial charge in [0, 0.05) is 31.5 Å². The molecule has 2 saturated heterocycles. The van der Waals surface area contributed by atoms with Crippen LogP contribution >= 0.6 is 12.4 Å². The van der Waals surface area contributed by atoms with Crippen LogP contribution in [0.4, 0.5) is 13.2 Å². The molecule has 0 saturated carbocycles. The van der Waals surface area contributed by atoms with Crippen molar-refractivity contribution in [3.8, 4) is 5.75 Å². The molecule has 0 atom stereocenters. The van der Waals surface area contributed by atoms with Gasteiger partial charge < -0.3 is 20.1 Å². The minimum atomic E-state index is -4.37. The first kappa shape index (κ1) is 25.3. The van der Waals surface area contributed by atoms with E-state index in [4.69, 9.17) is 4.74 Å². The Hall–Kier alpha value is -2.29. The molecule has 1 amide bonds. The molecule has 2 N–H and O–H groups in total. The second-order valence-corrected chi connectivity index (χ2v) is 8.49. The lowest BCUT2D eigenvalue weighted by atomic mass is 9.85. The van der Waals surface area contributed by atoms with E-state index in [1.54, 1.807) is 17.0 Å². The number of aliphatic hydroxyl groups is 1. The summed E-state index contributed by atoms with van der Waals surface area (Å²) in [6.07, 6.45) is -2.00. The quantitative estimate of drug-likeness (QED) is 0.676. The van der Waals surface area contributed by atoms with Crippen LogP contribution in [0.15, 0.2) is 48.5 Å². The Balaban J connectivity index is 0.00000306. The molecular formula is C24H28ClF3N2O3. The van der Waals surface area contributed by atoms with Crippen molar-refractivity contribution < 1.29 is 27.8 Å². The van der Waals surface area contributed by atoms with Gasteiger partial charge in [0.05, 0.1) is 11.2 Å². The summed E-state index contributed by atoms with van der Waals surface area (Å²) in [4.78, 5) is 14.6. The van der Waals surface area contributed by atoms with Gasteiger partial charge in [-0.15, -0.1) is 12.4 Å². The highest BCUT2D eigenvalue weighted by molar-refractivity contribution is 5.94. The monoisotopic (exact) mass is 484 g/mol. The fourth-order valence-electron chi connectivity index (χ4n) is 4.33. The van der Waals surface area contributed by atoms with Crippen LogP contribution in [0.1, 0.15) is 47.2 Å². The van der Waals surface area contributed by atoms with Crippen LogP contribution in [0.25, 0.3) is 0 Å². The smallest absolute Gasteiger partial charge is 0.416 e. The number of carbonyl (C=O) groups excluding carboxylic acids is 1. The molecular weight excluding hydrogens is 457 g/mol. The lowest BCUT2D eigenvalue weighted by Crippen LogP contribution is -2.42. The standard InChI is InChI=1S/C24H27F3N2O3.ClH/c25-24(26,27)19-5-7-20(8-6-19)32-21-9-15-29(16-10-21)22(30)17-1-3-18(4-2-17)23(31)11-13-28-14-12-23;/h1-8,21,28,31H,9-16H2;1H. The number of hydrogen-bond acceptors (Lipinski definition) is 4. The molecule has 2 aromatic carbocycles. The van der Waals surface area contributed by atoms with Crippen LogP contribution in [-0.2, 0) is 11.8 Å². The summed E-state index contributed by atoms with van der Waals surface area (Å²) in [5.74, 6) is 0.330. The number of alkyl halides is 3. The Kier molecular flexibility index (Phi) is 7.92. The third-order valence-corrected chi connectivity index (χ3v) is 6.31. The van der Waals surface area contributed by atoms with E-state index >= 15 is 0 Å². The second kappa shape index (κ2) is 10.3. The number of nitrogens with zero attached hydrogens (tertiary/aromatic N) is 1. The summed E-state index contributed by atoms with van der Waals surface area (Å²) in [5.41, 5.74) is -0.142. The van der Waals surface area contributed by atoms with Gasteiger partial charge >= 0.3 is 6.18 Å². The zero-order valence-corrected chi connectivity index (χ0v) is 18.9. The van der Waals surface area contributed by atoms with Crippen molar-refractivity contribution in [2.24, 2.45) is 0 Å². The predicted molar refractivity (Wildman–Crippen MR) is 121 cm³/mol. The lowest BCUT2D eigenvalue weighted by Gasteiger charge is -2.34. The van der Waals surface area contributed by atoms with Crippen LogP contribution in [0.2, 0.25) is 0 Å². The molecule has 180 valence electrons. The van der Waals surface area contributed by atoms with Crippen molar-refractivity contribution in [2.75, 3.05) is 26.2 Å². The Morgan fingerprint density at radius 1 is 1.00 bits per heavy atom. The van der Waals surface area contributed by atoms with Crippen LogP contribution in [0.3, 0.4) is 0 Å². The van der Waals surface area contributed by atoms with Gasteiger partial charge in [0.15, 0.2) is 0 Å². The van der Waals surface area contributed by atoms with Crippen LogP contribution in [-0.4, -0.2) is 48.2 Å². The molecule has 2 aromatic rings. The van der Waals surface area contributed by atoms with E-state index in [9.17, 15) is 23.1 Å². The fraction of sp³-hybridized carbons (Fsp3) is 0.458. The molecule has 4 rings (SSSR count). The highest BCUT2D eigenvalue weighted by atomic mass is 35.5. The van der Waals surface area contributed by atoms with E-state index in [0.29, 0.717) is 50.1 Å². The number of nitrogens with one attached hydrogen (secondary N) is 1. The van der Waals surface area contributed by atoms with E-state index in [1.165, 1.54) is 12.1 Å². The van der Waals surface area contributed by atoms with Crippen LogP contribution in [0.5, 0.6) is 5.75 Å². The fourth-order valence-corrected chi connectivity index (χ4v) is 4.33. The Morgan fingerprint density at radius 2 is 1.58 bits per heavy atom. The van der Waals surface area contributed by atoms with E-state index in [0.717, 1.165) is 30.8 Å². The molecule has 0 bridgehead atoms. The second-order valence-electron chi connectivity index (χ2n) is 8.49. The predicted octanol–water partition coefficient (Wildman–Crippen LogP) is 4.38. The first-order valence-corrected chi connectivity index (χ1v) is 10.9. The van der Waals surface area contributed by atoms with Crippen molar-refractivity contribution >= 4 is 18.3 Å². The first-order chi connectivity index (χ1) is 15.2. The number of halogens is 4. The number of amides is 1. The van der Waals surface area contributed by atoms with E-state index in [-0.39, 0.29) is 24.4 Å². The number of ether oxygens (including phenoxy) is 1. The molecule has 0 radical (unpaired) electrons. The topological polar surface area (TPSA) is 61.8 Å². The first-order valence-electron chi connectivity index (χ1n) is 10.9. The number of likely N-dealkylation sites (tertiary alicyclic amines) is 1. The molecule has 2 heterocycles. The average Bonchev–Trinajstić information content (AvgIpc) is 2.79. The molecule has 0 unspecified atom stereocenters. The number of hydrogen-bond donors (Lipinski definition) is 2. The molecule has 2 aliphatic rings. The van der Waals surface area contributed by atoms with Crippen LogP contribution in [0, 0.1) is 0 Å². The molecule has 33 heavy (non-hydrogen) atoms. The van der Waals surface area contributed by atoms with Gasteiger partial charge in [-0.05, 0) is 67.9 Å². The van der Waals surface area contributed by atoms with Gasteiger partial charge in [-0.25, -0.2) is 0 Å². The molecule has 0 aliphatic carbocycles. The van der Waals surface area contributed by atoms with E-state index in [2.05, 4.69) is 5.32 Å². The minimum absolute atomic E-state index is 0. The summed E-state index contributed by atoms with van der Waals surface area (Å²) in [7, 11) is 0. The third kappa shape index (κ3) is 5.99. The van der Waals surface area contributed by atoms with Gasteiger partial charge in [0.1, 0.15) is 11.9 Å². The maximum absolute atomic E-state index is 12.9. The zero-order valence-electron chi connectivity index (χ0n) is 18.1. The molecule has 2 aliphatic heterocycles. The molecule has 2 fully saturated rings. The number of carbonyl (C=O) groups is 1. The highest BCUT2D eigenvalue weighted by Crippen LogP contribution is 2.32. The largest absolute Gasteiger partial charge is 0.490 e. The van der Waals surface area contributed by atoms with Crippen molar-refractivity contribution in [2.45, 2.75) is 43.6 Å². The third-order valence-electron chi connectivity index (χ3n) is 6.31. The van der Waals surface area contributed by atoms with E-state index in [1.807, 2.05) is 12.1 Å². The Labute approximate surface area is 197 Å². The van der Waals surface area contributed by atoms with Gasteiger partial charge in [-0.3, -0.25) is 4.79 Å². The summed E-state index contributed by atoms with van der Waals surface area (Å²) < 4.78 is 43.9. The van der Waals surface area contributed by atoms with Crippen LogP contribution < -0.4 is 10.1 Å². The van der Waals surface area contributed by atoms with Gasteiger partial charge in [0.25, 0.3) is 5.91 Å².